The van der Waals surface area contributed by atoms with Gasteiger partial charge in [0.2, 0.25) is 0 Å². The van der Waals surface area contributed by atoms with Gasteiger partial charge in [-0.2, -0.15) is 0 Å². The van der Waals surface area contributed by atoms with Crippen molar-refractivity contribution in [2.45, 2.75) is 19.4 Å². The van der Waals surface area contributed by atoms with E-state index < -0.39 is 0 Å². The lowest BCUT2D eigenvalue weighted by atomic mass is 10.2. The lowest BCUT2D eigenvalue weighted by Crippen LogP contribution is -2.32. The van der Waals surface area contributed by atoms with Gasteiger partial charge in [0.1, 0.15) is 6.29 Å². The van der Waals surface area contributed by atoms with Crippen LogP contribution in [0.25, 0.3) is 0 Å². The van der Waals surface area contributed by atoms with Crippen molar-refractivity contribution < 1.29 is 4.79 Å². The third kappa shape index (κ3) is 1.57. The van der Waals surface area contributed by atoms with Crippen molar-refractivity contribution in [3.63, 3.8) is 0 Å². The van der Waals surface area contributed by atoms with Gasteiger partial charge in [0.25, 0.3) is 0 Å². The molecule has 1 atom stereocenters. The van der Waals surface area contributed by atoms with Gasteiger partial charge in [0.15, 0.2) is 0 Å². The maximum atomic E-state index is 10.7. The molecule has 0 saturated heterocycles. The highest BCUT2D eigenvalue weighted by molar-refractivity contribution is 9.10. The third-order valence-corrected chi connectivity index (χ3v) is 3.15. The molecule has 1 aromatic carbocycles. The number of anilines is 1. The van der Waals surface area contributed by atoms with Crippen LogP contribution in [0.4, 0.5) is 5.69 Å². The summed E-state index contributed by atoms with van der Waals surface area (Å²) in [7, 11) is 0. The predicted molar refractivity (Wildman–Crippen MR) is 60.7 cm³/mol. The summed E-state index contributed by atoms with van der Waals surface area (Å²) in [5, 5.41) is 0. The minimum Gasteiger partial charge on any atom is -0.362 e. The fourth-order valence-corrected chi connectivity index (χ4v) is 2.30. The van der Waals surface area contributed by atoms with Crippen molar-refractivity contribution in [2.75, 3.05) is 11.4 Å². The number of hydrogen-bond acceptors (Lipinski definition) is 2. The minimum atomic E-state index is -0.0163. The van der Waals surface area contributed by atoms with E-state index in [4.69, 9.17) is 0 Å². The standard InChI is InChI=1S/C11H12BrNO/c1-8(7-14)13-5-4-9-6-10(12)2-3-11(9)13/h2-3,6-8H,4-5H2,1H3. The summed E-state index contributed by atoms with van der Waals surface area (Å²) in [5.41, 5.74) is 2.53. The highest BCUT2D eigenvalue weighted by Gasteiger charge is 2.22. The van der Waals surface area contributed by atoms with Crippen LogP contribution < -0.4 is 4.90 Å². The predicted octanol–water partition coefficient (Wildman–Crippen LogP) is 2.40. The van der Waals surface area contributed by atoms with Crippen molar-refractivity contribution in [1.82, 2.24) is 0 Å². The Kier molecular flexibility index (Phi) is 2.59. The summed E-state index contributed by atoms with van der Waals surface area (Å²) in [5.74, 6) is 0. The summed E-state index contributed by atoms with van der Waals surface area (Å²) < 4.78 is 1.11. The molecule has 0 amide bonds. The van der Waals surface area contributed by atoms with E-state index in [1.807, 2.05) is 13.0 Å². The SMILES string of the molecule is CC(C=O)N1CCc2cc(Br)ccc21. The molecular weight excluding hydrogens is 242 g/mol. The molecule has 0 saturated carbocycles. The fourth-order valence-electron chi connectivity index (χ4n) is 1.89. The second-order valence-corrected chi connectivity index (χ2v) is 4.51. The Balaban J connectivity index is 2.35. The van der Waals surface area contributed by atoms with Crippen LogP contribution in [0.1, 0.15) is 12.5 Å². The molecule has 14 heavy (non-hydrogen) atoms. The molecule has 0 bridgehead atoms. The molecular formula is C11H12BrNO. The van der Waals surface area contributed by atoms with Crippen LogP contribution >= 0.6 is 15.9 Å². The molecule has 2 nitrogen and oxygen atoms in total. The maximum absolute atomic E-state index is 10.7. The second-order valence-electron chi connectivity index (χ2n) is 3.59. The topological polar surface area (TPSA) is 20.3 Å². The monoisotopic (exact) mass is 253 g/mol. The van der Waals surface area contributed by atoms with Crippen molar-refractivity contribution in [1.29, 1.82) is 0 Å². The molecule has 1 unspecified atom stereocenters. The van der Waals surface area contributed by atoms with E-state index in [0.717, 1.165) is 23.7 Å². The van der Waals surface area contributed by atoms with Crippen molar-refractivity contribution in [3.05, 3.63) is 28.2 Å². The Labute approximate surface area is 92.0 Å². The van der Waals surface area contributed by atoms with Crippen LogP contribution in [0.2, 0.25) is 0 Å². The summed E-state index contributed by atoms with van der Waals surface area (Å²) >= 11 is 3.45. The van der Waals surface area contributed by atoms with Crippen LogP contribution in [-0.4, -0.2) is 18.9 Å². The lowest BCUT2D eigenvalue weighted by molar-refractivity contribution is -0.108. The van der Waals surface area contributed by atoms with Crippen molar-refractivity contribution in [2.24, 2.45) is 0 Å². The minimum absolute atomic E-state index is 0.0163. The fraction of sp³-hybridized carbons (Fsp3) is 0.364. The molecule has 0 aromatic heterocycles. The Morgan fingerprint density at radius 2 is 2.36 bits per heavy atom. The highest BCUT2D eigenvalue weighted by atomic mass is 79.9. The zero-order valence-electron chi connectivity index (χ0n) is 8.03. The average Bonchev–Trinajstić information content (AvgIpc) is 2.59. The molecule has 0 N–H and O–H groups in total. The van der Waals surface area contributed by atoms with Gasteiger partial charge in [-0.25, -0.2) is 0 Å². The van der Waals surface area contributed by atoms with Crippen molar-refractivity contribution in [3.8, 4) is 0 Å². The van der Waals surface area contributed by atoms with E-state index in [9.17, 15) is 4.79 Å². The zero-order chi connectivity index (χ0) is 10.1. The summed E-state index contributed by atoms with van der Waals surface area (Å²) in [6.45, 7) is 2.88. The van der Waals surface area contributed by atoms with E-state index in [1.165, 1.54) is 11.3 Å². The molecule has 1 aliphatic rings. The van der Waals surface area contributed by atoms with Crippen molar-refractivity contribution >= 4 is 27.9 Å². The van der Waals surface area contributed by atoms with Gasteiger partial charge in [-0.05, 0) is 37.1 Å². The Bertz CT molecular complexity index is 364. The Hall–Kier alpha value is -0.830. The summed E-state index contributed by atoms with van der Waals surface area (Å²) in [4.78, 5) is 12.9. The first-order valence-electron chi connectivity index (χ1n) is 4.72. The Morgan fingerprint density at radius 1 is 1.57 bits per heavy atom. The van der Waals surface area contributed by atoms with E-state index in [2.05, 4.69) is 33.0 Å². The summed E-state index contributed by atoms with van der Waals surface area (Å²) in [6, 6.07) is 6.21. The quantitative estimate of drug-likeness (QED) is 0.755. The molecule has 0 radical (unpaired) electrons. The smallest absolute Gasteiger partial charge is 0.142 e. The number of aldehydes is 1. The first-order chi connectivity index (χ1) is 6.72. The number of halogens is 1. The van der Waals surface area contributed by atoms with Crippen LogP contribution in [0, 0.1) is 0 Å². The maximum Gasteiger partial charge on any atom is 0.142 e. The van der Waals surface area contributed by atoms with E-state index in [0.29, 0.717) is 0 Å². The summed E-state index contributed by atoms with van der Waals surface area (Å²) in [6.07, 6.45) is 2.03. The van der Waals surface area contributed by atoms with E-state index in [1.54, 1.807) is 0 Å². The molecule has 74 valence electrons. The van der Waals surface area contributed by atoms with Gasteiger partial charge in [-0.15, -0.1) is 0 Å². The normalized spacial score (nSPS) is 16.6. The van der Waals surface area contributed by atoms with Crippen LogP contribution in [-0.2, 0) is 11.2 Å². The van der Waals surface area contributed by atoms with Gasteiger partial charge in [-0.1, -0.05) is 15.9 Å². The first kappa shape index (κ1) is 9.71. The molecule has 0 fully saturated rings. The second kappa shape index (κ2) is 3.73. The lowest BCUT2D eigenvalue weighted by Gasteiger charge is -2.22. The van der Waals surface area contributed by atoms with Gasteiger partial charge in [-0.3, -0.25) is 0 Å². The van der Waals surface area contributed by atoms with Crippen LogP contribution in [0.5, 0.6) is 0 Å². The number of carbonyl (C=O) groups excluding carboxylic acids is 1. The molecule has 0 spiro atoms. The van der Waals surface area contributed by atoms with E-state index in [-0.39, 0.29) is 6.04 Å². The number of rotatable bonds is 2. The molecule has 1 aliphatic heterocycles. The largest absolute Gasteiger partial charge is 0.362 e. The number of nitrogens with zero attached hydrogens (tertiary/aromatic N) is 1. The molecule has 1 heterocycles. The van der Waals surface area contributed by atoms with Gasteiger partial charge >= 0.3 is 0 Å². The van der Waals surface area contributed by atoms with Gasteiger partial charge < -0.3 is 9.69 Å². The first-order valence-corrected chi connectivity index (χ1v) is 5.52. The molecule has 3 heteroatoms. The number of hydrogen-bond donors (Lipinski definition) is 0. The molecule has 2 rings (SSSR count). The third-order valence-electron chi connectivity index (χ3n) is 2.66. The number of carbonyl (C=O) groups is 1. The molecule has 0 aliphatic carbocycles. The van der Waals surface area contributed by atoms with Crippen LogP contribution in [0.3, 0.4) is 0 Å². The number of fused-ring (bicyclic) bond motifs is 1. The average molecular weight is 254 g/mol. The molecule has 1 aromatic rings. The van der Waals surface area contributed by atoms with E-state index >= 15 is 0 Å². The van der Waals surface area contributed by atoms with Crippen LogP contribution in [0.15, 0.2) is 22.7 Å². The number of benzene rings is 1. The van der Waals surface area contributed by atoms with Gasteiger partial charge in [0.05, 0.1) is 6.04 Å². The Morgan fingerprint density at radius 3 is 3.07 bits per heavy atom. The zero-order valence-corrected chi connectivity index (χ0v) is 9.62. The highest BCUT2D eigenvalue weighted by Crippen LogP contribution is 2.31. The van der Waals surface area contributed by atoms with Gasteiger partial charge in [0, 0.05) is 16.7 Å².